The predicted octanol–water partition coefficient (Wildman–Crippen LogP) is 2.39. The van der Waals surface area contributed by atoms with Crippen LogP contribution in [0.4, 0.5) is 6.01 Å². The predicted molar refractivity (Wildman–Crippen MR) is 70.2 cm³/mol. The molecule has 0 saturated heterocycles. The number of nitrogens with one attached hydrogen (secondary N) is 1. The maximum Gasteiger partial charge on any atom is 0.328 e. The Hall–Kier alpha value is -2.41. The topological polar surface area (TPSA) is 92.4 Å². The molecule has 19 heavy (non-hydrogen) atoms. The van der Waals surface area contributed by atoms with Gasteiger partial charge in [0.25, 0.3) is 5.91 Å². The summed E-state index contributed by atoms with van der Waals surface area (Å²) in [7, 11) is 0. The number of carboxylic acids is 1. The fraction of sp³-hybridized carbons (Fsp3) is 0.0833. The molecule has 2 rings (SSSR count). The number of carbonyl (C=O) groups excluding carboxylic acids is 1. The van der Waals surface area contributed by atoms with Gasteiger partial charge in [-0.05, 0) is 30.0 Å². The summed E-state index contributed by atoms with van der Waals surface area (Å²) in [5.41, 5.74) is 1.20. The first-order valence-electron chi connectivity index (χ1n) is 5.28. The van der Waals surface area contributed by atoms with Crippen molar-refractivity contribution in [3.8, 4) is 0 Å². The van der Waals surface area contributed by atoms with E-state index in [0.29, 0.717) is 16.1 Å². The zero-order valence-electron chi connectivity index (χ0n) is 9.91. The maximum absolute atomic E-state index is 12.0. The van der Waals surface area contributed by atoms with Gasteiger partial charge in [-0.2, -0.15) is 4.98 Å². The second-order valence-corrected chi connectivity index (χ2v) is 4.54. The van der Waals surface area contributed by atoms with Gasteiger partial charge in [-0.3, -0.25) is 10.1 Å². The zero-order valence-corrected chi connectivity index (χ0v) is 10.7. The Morgan fingerprint density at radius 2 is 2.32 bits per heavy atom. The quantitative estimate of drug-likeness (QED) is 0.838. The molecule has 0 aliphatic rings. The highest BCUT2D eigenvalue weighted by Crippen LogP contribution is 2.20. The molecular formula is C12H10N2O4S. The number of amides is 1. The van der Waals surface area contributed by atoms with Crippen molar-refractivity contribution in [1.82, 2.24) is 4.98 Å². The van der Waals surface area contributed by atoms with E-state index in [4.69, 9.17) is 9.52 Å². The highest BCUT2D eigenvalue weighted by atomic mass is 32.1. The first-order valence-corrected chi connectivity index (χ1v) is 6.16. The molecule has 0 spiro atoms. The molecule has 0 aliphatic heterocycles. The Bertz CT molecular complexity index is 642. The Kier molecular flexibility index (Phi) is 3.76. The Balaban J connectivity index is 2.15. The number of nitrogens with zero attached hydrogens (tertiary/aromatic N) is 1. The van der Waals surface area contributed by atoms with Crippen LogP contribution in [0, 0.1) is 6.92 Å². The Labute approximate surface area is 112 Å². The molecule has 0 aliphatic carbocycles. The van der Waals surface area contributed by atoms with E-state index in [1.54, 1.807) is 18.4 Å². The van der Waals surface area contributed by atoms with E-state index in [2.05, 4.69) is 10.3 Å². The molecule has 6 nitrogen and oxygen atoms in total. The summed E-state index contributed by atoms with van der Waals surface area (Å²) in [6, 6.07) is 1.78. The largest absolute Gasteiger partial charge is 0.478 e. The van der Waals surface area contributed by atoms with Crippen LogP contribution < -0.4 is 5.32 Å². The minimum Gasteiger partial charge on any atom is -0.478 e. The average molecular weight is 278 g/mol. The van der Waals surface area contributed by atoms with E-state index in [9.17, 15) is 9.59 Å². The summed E-state index contributed by atoms with van der Waals surface area (Å²) in [5, 5.41) is 12.8. The van der Waals surface area contributed by atoms with Crippen LogP contribution in [0.3, 0.4) is 0 Å². The molecule has 1 amide bonds. The van der Waals surface area contributed by atoms with Gasteiger partial charge in [0.15, 0.2) is 0 Å². The molecule has 0 fully saturated rings. The molecular weight excluding hydrogens is 268 g/mol. The third-order valence-electron chi connectivity index (χ3n) is 2.15. The molecule has 0 bridgehead atoms. The number of aromatic nitrogens is 1. The molecule has 0 aromatic carbocycles. The van der Waals surface area contributed by atoms with Crippen LogP contribution in [0.1, 0.15) is 20.9 Å². The Morgan fingerprint density at radius 3 is 2.95 bits per heavy atom. The van der Waals surface area contributed by atoms with Crippen LogP contribution >= 0.6 is 11.3 Å². The van der Waals surface area contributed by atoms with Gasteiger partial charge in [-0.15, -0.1) is 11.3 Å². The minimum atomic E-state index is -1.07. The average Bonchev–Trinajstić information content (AvgIpc) is 2.95. The minimum absolute atomic E-state index is 0.115. The van der Waals surface area contributed by atoms with Crippen molar-refractivity contribution in [1.29, 1.82) is 0 Å². The fourth-order valence-electron chi connectivity index (χ4n) is 1.36. The van der Waals surface area contributed by atoms with Gasteiger partial charge >= 0.3 is 12.0 Å². The van der Waals surface area contributed by atoms with Crippen molar-refractivity contribution >= 4 is 35.3 Å². The lowest BCUT2D eigenvalue weighted by molar-refractivity contribution is -0.131. The van der Waals surface area contributed by atoms with Crippen molar-refractivity contribution < 1.29 is 19.1 Å². The summed E-state index contributed by atoms with van der Waals surface area (Å²) in [6.07, 6.45) is 3.78. The van der Waals surface area contributed by atoms with Crippen molar-refractivity contribution in [2.24, 2.45) is 0 Å². The van der Waals surface area contributed by atoms with E-state index in [0.717, 1.165) is 6.08 Å². The molecule has 7 heteroatoms. The molecule has 2 N–H and O–H groups in total. The van der Waals surface area contributed by atoms with E-state index in [1.165, 1.54) is 23.7 Å². The number of hydrogen-bond donors (Lipinski definition) is 2. The lowest BCUT2D eigenvalue weighted by Crippen LogP contribution is -2.11. The van der Waals surface area contributed by atoms with E-state index < -0.39 is 5.97 Å². The number of hydrogen-bond acceptors (Lipinski definition) is 5. The van der Waals surface area contributed by atoms with Crippen LogP contribution in [0.2, 0.25) is 0 Å². The molecule has 0 atom stereocenters. The van der Waals surface area contributed by atoms with Gasteiger partial charge in [0.2, 0.25) is 0 Å². The summed E-state index contributed by atoms with van der Waals surface area (Å²) in [4.78, 5) is 26.8. The number of thiophene rings is 1. The van der Waals surface area contributed by atoms with Crippen molar-refractivity contribution in [3.63, 3.8) is 0 Å². The highest BCUT2D eigenvalue weighted by molar-refractivity contribution is 7.12. The van der Waals surface area contributed by atoms with Crippen LogP contribution in [0.15, 0.2) is 28.2 Å². The lowest BCUT2D eigenvalue weighted by atomic mass is 10.2. The Morgan fingerprint density at radius 1 is 1.53 bits per heavy atom. The van der Waals surface area contributed by atoms with Gasteiger partial charge < -0.3 is 9.52 Å². The molecule has 98 valence electrons. The van der Waals surface area contributed by atoms with Crippen LogP contribution in [-0.4, -0.2) is 22.0 Å². The van der Waals surface area contributed by atoms with Gasteiger partial charge in [0, 0.05) is 6.08 Å². The number of aryl methyl sites for hydroxylation is 1. The molecule has 2 heterocycles. The number of carbonyl (C=O) groups is 2. The van der Waals surface area contributed by atoms with Crippen LogP contribution in [0.5, 0.6) is 0 Å². The first kappa shape index (κ1) is 13.0. The summed E-state index contributed by atoms with van der Waals surface area (Å²) >= 11 is 1.21. The van der Waals surface area contributed by atoms with E-state index in [1.807, 2.05) is 0 Å². The monoisotopic (exact) mass is 278 g/mol. The molecule has 2 aromatic rings. The van der Waals surface area contributed by atoms with E-state index in [-0.39, 0.29) is 11.9 Å². The number of carboxylic acid groups (broad SMARTS) is 1. The van der Waals surface area contributed by atoms with Gasteiger partial charge in [-0.1, -0.05) is 0 Å². The number of rotatable bonds is 4. The molecule has 0 saturated carbocycles. The maximum atomic E-state index is 12.0. The van der Waals surface area contributed by atoms with Gasteiger partial charge in [-0.25, -0.2) is 4.79 Å². The van der Waals surface area contributed by atoms with Crippen molar-refractivity contribution in [2.75, 3.05) is 5.32 Å². The number of oxazole rings is 1. The smallest absolute Gasteiger partial charge is 0.328 e. The highest BCUT2D eigenvalue weighted by Gasteiger charge is 2.14. The standard InChI is InChI=1S/C12H10N2O4S/c1-7-6-18-12(13-7)14-11(17)10-8(4-5-19-10)2-3-9(15)16/h2-6H,1H3,(H,15,16)(H,13,14,17)/b3-2+. The summed E-state index contributed by atoms with van der Waals surface area (Å²) in [5.74, 6) is -1.46. The van der Waals surface area contributed by atoms with Gasteiger partial charge in [0.05, 0.1) is 10.6 Å². The summed E-state index contributed by atoms with van der Waals surface area (Å²) in [6.45, 7) is 1.74. The lowest BCUT2D eigenvalue weighted by Gasteiger charge is -1.99. The van der Waals surface area contributed by atoms with Gasteiger partial charge in [0.1, 0.15) is 6.26 Å². The second kappa shape index (κ2) is 5.49. The fourth-order valence-corrected chi connectivity index (χ4v) is 2.14. The third-order valence-corrected chi connectivity index (χ3v) is 3.08. The summed E-state index contributed by atoms with van der Waals surface area (Å²) < 4.78 is 5.02. The third kappa shape index (κ3) is 3.29. The van der Waals surface area contributed by atoms with E-state index >= 15 is 0 Å². The first-order chi connectivity index (χ1) is 9.06. The number of anilines is 1. The van der Waals surface area contributed by atoms with Crippen LogP contribution in [-0.2, 0) is 4.79 Å². The zero-order chi connectivity index (χ0) is 13.8. The van der Waals surface area contributed by atoms with Crippen molar-refractivity contribution in [2.45, 2.75) is 6.92 Å². The normalized spacial score (nSPS) is 10.8. The molecule has 2 aromatic heterocycles. The van der Waals surface area contributed by atoms with Crippen molar-refractivity contribution in [3.05, 3.63) is 39.9 Å². The number of aliphatic carboxylic acids is 1. The second-order valence-electron chi connectivity index (χ2n) is 3.62. The van der Waals surface area contributed by atoms with Crippen LogP contribution in [0.25, 0.3) is 6.08 Å². The molecule has 0 radical (unpaired) electrons. The molecule has 0 unspecified atom stereocenters. The SMILES string of the molecule is Cc1coc(NC(=O)c2sccc2/C=C/C(=O)O)n1.